The molecule has 1 atom stereocenters. The third kappa shape index (κ3) is 5.19. The molecule has 1 aromatic carbocycles. The van der Waals surface area contributed by atoms with Crippen molar-refractivity contribution in [2.24, 2.45) is 5.92 Å². The Hall–Kier alpha value is -1.99. The Kier molecular flexibility index (Phi) is 7.47. The largest absolute Gasteiger partial charge is 0.493 e. The molecule has 0 saturated carbocycles. The number of piperidine rings is 1. The molecule has 30 heavy (non-hydrogen) atoms. The first-order chi connectivity index (χ1) is 14.4. The van der Waals surface area contributed by atoms with E-state index in [0.717, 1.165) is 50.9 Å². The summed E-state index contributed by atoms with van der Waals surface area (Å²) < 4.78 is 22.8. The number of nitrogens with zero attached hydrogens (tertiary/aromatic N) is 1. The lowest BCUT2D eigenvalue weighted by atomic mass is 9.88. The van der Waals surface area contributed by atoms with E-state index >= 15 is 0 Å². The van der Waals surface area contributed by atoms with E-state index in [1.165, 1.54) is 0 Å². The van der Waals surface area contributed by atoms with Crippen LogP contribution in [0.15, 0.2) is 12.1 Å². The molecule has 2 saturated heterocycles. The fraction of sp³-hybridized carbons (Fsp3) is 0.696. The molecule has 2 heterocycles. The number of ether oxygens (including phenoxy) is 4. The van der Waals surface area contributed by atoms with Crippen molar-refractivity contribution in [2.75, 3.05) is 41.0 Å². The molecule has 1 unspecified atom stereocenters. The van der Waals surface area contributed by atoms with E-state index in [0.29, 0.717) is 23.8 Å². The monoisotopic (exact) mass is 420 g/mol. The highest BCUT2D eigenvalue weighted by Gasteiger charge is 2.42. The number of amides is 1. The molecular formula is C23H36N2O5. The van der Waals surface area contributed by atoms with E-state index in [4.69, 9.17) is 18.9 Å². The van der Waals surface area contributed by atoms with Crippen molar-refractivity contribution < 1.29 is 23.7 Å². The van der Waals surface area contributed by atoms with Gasteiger partial charge in [0.25, 0.3) is 0 Å². The number of carbonyl (C=O) groups is 1. The fourth-order valence-corrected chi connectivity index (χ4v) is 4.43. The normalized spacial score (nSPS) is 21.1. The summed E-state index contributed by atoms with van der Waals surface area (Å²) >= 11 is 0. The summed E-state index contributed by atoms with van der Waals surface area (Å²) in [6, 6.07) is 4.04. The van der Waals surface area contributed by atoms with Gasteiger partial charge in [0.2, 0.25) is 11.7 Å². The molecule has 1 N–H and O–H groups in total. The van der Waals surface area contributed by atoms with Crippen LogP contribution < -0.4 is 19.5 Å². The highest BCUT2D eigenvalue weighted by molar-refractivity contribution is 5.77. The lowest BCUT2D eigenvalue weighted by molar-refractivity contribution is -0.125. The summed E-state index contributed by atoms with van der Waals surface area (Å²) in [5.41, 5.74) is 1.11. The van der Waals surface area contributed by atoms with Gasteiger partial charge in [0, 0.05) is 32.1 Å². The van der Waals surface area contributed by atoms with Gasteiger partial charge in [-0.2, -0.15) is 0 Å². The zero-order valence-corrected chi connectivity index (χ0v) is 19.0. The van der Waals surface area contributed by atoms with Crippen LogP contribution in [0.5, 0.6) is 17.2 Å². The summed E-state index contributed by atoms with van der Waals surface area (Å²) in [7, 11) is 4.90. The highest BCUT2D eigenvalue weighted by Crippen LogP contribution is 2.41. The predicted molar refractivity (Wildman–Crippen MR) is 115 cm³/mol. The molecule has 1 aromatic rings. The van der Waals surface area contributed by atoms with Crippen LogP contribution >= 0.6 is 0 Å². The first-order valence-electron chi connectivity index (χ1n) is 10.9. The van der Waals surface area contributed by atoms with Gasteiger partial charge in [-0.1, -0.05) is 13.8 Å². The van der Waals surface area contributed by atoms with Crippen LogP contribution in [0, 0.1) is 5.92 Å². The summed E-state index contributed by atoms with van der Waals surface area (Å²) in [4.78, 5) is 14.3. The van der Waals surface area contributed by atoms with E-state index in [1.54, 1.807) is 21.3 Å². The van der Waals surface area contributed by atoms with Gasteiger partial charge in [0.15, 0.2) is 11.5 Å². The molecule has 1 amide bonds. The quantitative estimate of drug-likeness (QED) is 0.697. The minimum atomic E-state index is -0.0288. The molecule has 1 spiro atoms. The number of nitrogens with one attached hydrogen (secondary N) is 1. The van der Waals surface area contributed by atoms with Crippen molar-refractivity contribution in [3.05, 3.63) is 17.7 Å². The Balaban J connectivity index is 1.53. The molecular weight excluding hydrogens is 384 g/mol. The maximum Gasteiger partial charge on any atom is 0.222 e. The second-order valence-electron chi connectivity index (χ2n) is 8.67. The predicted octanol–water partition coefficient (Wildman–Crippen LogP) is 3.00. The Morgan fingerprint density at radius 3 is 2.30 bits per heavy atom. The minimum Gasteiger partial charge on any atom is -0.493 e. The average Bonchev–Trinajstić information content (AvgIpc) is 3.15. The third-order valence-corrected chi connectivity index (χ3v) is 6.26. The van der Waals surface area contributed by atoms with Gasteiger partial charge in [0.1, 0.15) is 0 Å². The Morgan fingerprint density at radius 1 is 1.13 bits per heavy atom. The molecule has 7 heteroatoms. The van der Waals surface area contributed by atoms with E-state index in [-0.39, 0.29) is 23.5 Å². The molecule has 0 aromatic heterocycles. The summed E-state index contributed by atoms with van der Waals surface area (Å²) in [6.45, 7) is 7.25. The molecule has 7 nitrogen and oxygen atoms in total. The molecule has 0 radical (unpaired) electrons. The minimum absolute atomic E-state index is 0.0128. The number of carbonyl (C=O) groups excluding carboxylic acids is 1. The Morgan fingerprint density at radius 2 is 1.77 bits per heavy atom. The molecule has 2 fully saturated rings. The summed E-state index contributed by atoms with van der Waals surface area (Å²) in [5, 5.41) is 3.01. The second kappa shape index (κ2) is 9.88. The van der Waals surface area contributed by atoms with Gasteiger partial charge < -0.3 is 24.3 Å². The average molecular weight is 421 g/mol. The van der Waals surface area contributed by atoms with Crippen molar-refractivity contribution in [3.63, 3.8) is 0 Å². The van der Waals surface area contributed by atoms with Crippen molar-refractivity contribution >= 4 is 5.91 Å². The summed E-state index contributed by atoms with van der Waals surface area (Å²) in [5.74, 6) is 2.10. The van der Waals surface area contributed by atoms with Crippen LogP contribution in [0.1, 0.15) is 45.1 Å². The van der Waals surface area contributed by atoms with Gasteiger partial charge in [-0.3, -0.25) is 9.69 Å². The maximum atomic E-state index is 11.8. The fourth-order valence-electron chi connectivity index (χ4n) is 4.43. The van der Waals surface area contributed by atoms with Gasteiger partial charge in [0.05, 0.1) is 33.0 Å². The van der Waals surface area contributed by atoms with Gasteiger partial charge in [-0.25, -0.2) is 0 Å². The molecule has 3 rings (SSSR count). The second-order valence-corrected chi connectivity index (χ2v) is 8.67. The smallest absolute Gasteiger partial charge is 0.222 e. The zero-order chi connectivity index (χ0) is 21.7. The highest BCUT2D eigenvalue weighted by atomic mass is 16.5. The molecule has 0 aliphatic carbocycles. The van der Waals surface area contributed by atoms with Gasteiger partial charge in [-0.15, -0.1) is 0 Å². The Bertz CT molecular complexity index is 703. The van der Waals surface area contributed by atoms with Crippen LogP contribution in [-0.2, 0) is 16.1 Å². The number of rotatable bonds is 8. The lowest BCUT2D eigenvalue weighted by Crippen LogP contribution is -2.45. The number of likely N-dealkylation sites (tertiary alicyclic amines) is 1. The van der Waals surface area contributed by atoms with Gasteiger partial charge >= 0.3 is 0 Å². The van der Waals surface area contributed by atoms with E-state index in [9.17, 15) is 4.79 Å². The Labute approximate surface area is 180 Å². The van der Waals surface area contributed by atoms with Crippen molar-refractivity contribution in [1.82, 2.24) is 10.2 Å². The number of hydrogen-bond acceptors (Lipinski definition) is 6. The van der Waals surface area contributed by atoms with Crippen LogP contribution in [-0.4, -0.2) is 63.5 Å². The first kappa shape index (κ1) is 22.7. The topological polar surface area (TPSA) is 69.3 Å². The molecule has 0 bridgehead atoms. The summed E-state index contributed by atoms with van der Waals surface area (Å²) in [6.07, 6.45) is 4.27. The van der Waals surface area contributed by atoms with Crippen molar-refractivity contribution in [1.29, 1.82) is 0 Å². The SMILES string of the molecule is COc1cc(CN2CCC3(CCC(CNC(=O)C(C)C)O3)CC2)cc(OC)c1OC. The van der Waals surface area contributed by atoms with Crippen LogP contribution in [0.4, 0.5) is 0 Å². The van der Waals surface area contributed by atoms with E-state index < -0.39 is 0 Å². The van der Waals surface area contributed by atoms with Gasteiger partial charge in [-0.05, 0) is 43.4 Å². The van der Waals surface area contributed by atoms with Crippen molar-refractivity contribution in [3.8, 4) is 17.2 Å². The third-order valence-electron chi connectivity index (χ3n) is 6.26. The zero-order valence-electron chi connectivity index (χ0n) is 19.0. The maximum absolute atomic E-state index is 11.8. The van der Waals surface area contributed by atoms with Crippen LogP contribution in [0.25, 0.3) is 0 Å². The number of hydrogen-bond donors (Lipinski definition) is 1. The molecule has 2 aliphatic rings. The molecule has 2 aliphatic heterocycles. The van der Waals surface area contributed by atoms with E-state index in [1.807, 2.05) is 26.0 Å². The van der Waals surface area contributed by atoms with E-state index in [2.05, 4.69) is 10.2 Å². The van der Waals surface area contributed by atoms with Crippen LogP contribution in [0.2, 0.25) is 0 Å². The van der Waals surface area contributed by atoms with Crippen molar-refractivity contribution in [2.45, 2.75) is 57.8 Å². The standard InChI is InChI=1S/C23H36N2O5/c1-16(2)22(26)24-14-18-6-7-23(30-18)8-10-25(11-9-23)15-17-12-19(27-3)21(29-5)20(13-17)28-4/h12-13,16,18H,6-11,14-15H2,1-5H3,(H,24,26). The first-order valence-corrected chi connectivity index (χ1v) is 10.9. The molecule has 168 valence electrons. The lowest BCUT2D eigenvalue weighted by Gasteiger charge is -2.39. The number of benzene rings is 1. The van der Waals surface area contributed by atoms with Crippen LogP contribution in [0.3, 0.4) is 0 Å². The number of methoxy groups -OCH3 is 3.